The number of carbonyl (C=O) groups is 2. The molecule has 4 nitrogen and oxygen atoms in total. The number of aldehydes is 1. The molecule has 0 aliphatic heterocycles. The maximum Gasteiger partial charge on any atom is 0.219 e. The lowest BCUT2D eigenvalue weighted by Crippen LogP contribution is -1.98. The number of carbonyl (C=O) groups excluding carboxylic acids is 2. The molecule has 4 heteroatoms. The molecule has 0 radical (unpaired) electrons. The Morgan fingerprint density at radius 2 is 2.33 bits per heavy atom. The summed E-state index contributed by atoms with van der Waals surface area (Å²) in [5.41, 5.74) is 0. The molecule has 0 saturated heterocycles. The highest BCUT2D eigenvalue weighted by Crippen LogP contribution is 1.87. The second-order valence-corrected chi connectivity index (χ2v) is 1.42. The van der Waals surface area contributed by atoms with E-state index >= 15 is 0 Å². The highest BCUT2D eigenvalue weighted by Gasteiger charge is 1.95. The molecule has 0 aliphatic carbocycles. The Labute approximate surface area is 51.1 Å². The second kappa shape index (κ2) is 2.21. The van der Waals surface area contributed by atoms with Gasteiger partial charge in [-0.3, -0.25) is 14.2 Å². The molecule has 9 heavy (non-hydrogen) atoms. The zero-order chi connectivity index (χ0) is 6.69. The molecule has 1 heterocycles. The van der Waals surface area contributed by atoms with Gasteiger partial charge in [0.05, 0.1) is 0 Å². The molecule has 0 aliphatic rings. The van der Waals surface area contributed by atoms with Gasteiger partial charge in [-0.2, -0.15) is 0 Å². The van der Waals surface area contributed by atoms with Gasteiger partial charge in [-0.15, -0.1) is 0 Å². The van der Waals surface area contributed by atoms with Gasteiger partial charge in [0.25, 0.3) is 0 Å². The number of rotatable bonds is 2. The smallest absolute Gasteiger partial charge is 0.219 e. The molecule has 0 fully saturated rings. The monoisotopic (exact) mass is 124 g/mol. The van der Waals surface area contributed by atoms with E-state index in [0.717, 1.165) is 4.57 Å². The van der Waals surface area contributed by atoms with Crippen molar-refractivity contribution < 1.29 is 9.59 Å². The molecule has 0 unspecified atom stereocenters. The van der Waals surface area contributed by atoms with Crippen LogP contribution in [0.3, 0.4) is 0 Å². The molecule has 1 aromatic rings. The summed E-state index contributed by atoms with van der Waals surface area (Å²) in [7, 11) is 0. The molecule has 0 aromatic carbocycles. The number of imidazole rings is 1. The maximum atomic E-state index is 10.0. The predicted octanol–water partition coefficient (Wildman–Crippen LogP) is -0.266. The van der Waals surface area contributed by atoms with Crippen LogP contribution in [0.5, 0.6) is 0 Å². The number of hydrogen-bond acceptors (Lipinski definition) is 3. The lowest BCUT2D eigenvalue weighted by molar-refractivity contribution is 0.111. The Balaban J connectivity index is 3.12. The highest BCUT2D eigenvalue weighted by molar-refractivity contribution is 5.74. The Kier molecular flexibility index (Phi) is 1.40. The summed E-state index contributed by atoms with van der Waals surface area (Å²) in [6, 6.07) is 0. The van der Waals surface area contributed by atoms with Crippen molar-refractivity contribution in [2.75, 3.05) is 0 Å². The molecule has 46 valence electrons. The van der Waals surface area contributed by atoms with Crippen molar-refractivity contribution in [1.82, 2.24) is 9.55 Å². The number of hydrogen-bond donors (Lipinski definition) is 0. The fourth-order valence-electron chi connectivity index (χ4n) is 0.505. The fourth-order valence-corrected chi connectivity index (χ4v) is 0.505. The van der Waals surface area contributed by atoms with Crippen molar-refractivity contribution in [2.45, 2.75) is 0 Å². The Bertz CT molecular complexity index is 206. The van der Waals surface area contributed by atoms with Gasteiger partial charge in [0.2, 0.25) is 6.41 Å². The van der Waals surface area contributed by atoms with Gasteiger partial charge in [0, 0.05) is 12.4 Å². The van der Waals surface area contributed by atoms with Crippen LogP contribution in [0.4, 0.5) is 0 Å². The van der Waals surface area contributed by atoms with Gasteiger partial charge < -0.3 is 0 Å². The van der Waals surface area contributed by atoms with Crippen LogP contribution in [-0.4, -0.2) is 22.2 Å². The summed E-state index contributed by atoms with van der Waals surface area (Å²) in [5, 5.41) is 0. The third-order valence-corrected chi connectivity index (χ3v) is 0.918. The fraction of sp³-hybridized carbons (Fsp3) is 0. The third kappa shape index (κ3) is 0.861. The van der Waals surface area contributed by atoms with E-state index in [-0.39, 0.29) is 5.82 Å². The van der Waals surface area contributed by atoms with E-state index in [1.54, 1.807) is 0 Å². The minimum Gasteiger partial charge on any atom is -0.294 e. The van der Waals surface area contributed by atoms with Crippen molar-refractivity contribution in [3.8, 4) is 0 Å². The SMILES string of the molecule is O=Cc1nccn1C=O. The topological polar surface area (TPSA) is 52.0 Å². The zero-order valence-electron chi connectivity index (χ0n) is 4.52. The molecular formula is C5H4N2O2. The van der Waals surface area contributed by atoms with Crippen LogP contribution in [0.15, 0.2) is 12.4 Å². The quantitative estimate of drug-likeness (QED) is 0.510. The molecule has 0 bridgehead atoms. The molecule has 0 saturated carbocycles. The maximum absolute atomic E-state index is 10.0. The number of aromatic nitrogens is 2. The summed E-state index contributed by atoms with van der Waals surface area (Å²) in [4.78, 5) is 23.6. The molecule has 0 atom stereocenters. The average molecular weight is 124 g/mol. The largest absolute Gasteiger partial charge is 0.294 e. The van der Waals surface area contributed by atoms with E-state index < -0.39 is 0 Å². The zero-order valence-corrected chi connectivity index (χ0v) is 4.52. The van der Waals surface area contributed by atoms with Crippen LogP contribution in [-0.2, 0) is 4.79 Å². The average Bonchev–Trinajstić information content (AvgIpc) is 2.33. The van der Waals surface area contributed by atoms with E-state index in [1.165, 1.54) is 12.4 Å². The summed E-state index contributed by atoms with van der Waals surface area (Å²) in [5.74, 6) is 0.130. The second-order valence-electron chi connectivity index (χ2n) is 1.42. The van der Waals surface area contributed by atoms with Crippen LogP contribution in [0.2, 0.25) is 0 Å². The van der Waals surface area contributed by atoms with E-state index in [0.29, 0.717) is 12.7 Å². The van der Waals surface area contributed by atoms with Gasteiger partial charge >= 0.3 is 0 Å². The lowest BCUT2D eigenvalue weighted by atomic mass is 10.7. The summed E-state index contributed by atoms with van der Waals surface area (Å²) in [6.07, 6.45) is 3.85. The van der Waals surface area contributed by atoms with Gasteiger partial charge in [-0.25, -0.2) is 4.98 Å². The van der Waals surface area contributed by atoms with Crippen LogP contribution in [0, 0.1) is 0 Å². The van der Waals surface area contributed by atoms with Crippen LogP contribution in [0.1, 0.15) is 10.6 Å². The lowest BCUT2D eigenvalue weighted by Gasteiger charge is -1.85. The first-order valence-corrected chi connectivity index (χ1v) is 2.32. The van der Waals surface area contributed by atoms with E-state index in [1.807, 2.05) is 0 Å². The van der Waals surface area contributed by atoms with Gasteiger partial charge in [-0.05, 0) is 0 Å². The van der Waals surface area contributed by atoms with Crippen molar-refractivity contribution in [1.29, 1.82) is 0 Å². The highest BCUT2D eigenvalue weighted by atomic mass is 16.1. The first-order chi connectivity index (χ1) is 4.38. The van der Waals surface area contributed by atoms with E-state index in [2.05, 4.69) is 4.98 Å². The van der Waals surface area contributed by atoms with E-state index in [4.69, 9.17) is 0 Å². The van der Waals surface area contributed by atoms with Gasteiger partial charge in [0.15, 0.2) is 12.1 Å². The first kappa shape index (κ1) is 5.68. The number of nitrogens with zero attached hydrogens (tertiary/aromatic N) is 2. The summed E-state index contributed by atoms with van der Waals surface area (Å²) >= 11 is 0. The standard InChI is InChI=1S/C5H4N2O2/c8-3-5-6-1-2-7(5)4-9/h1-4H. The molecule has 0 N–H and O–H groups in total. The van der Waals surface area contributed by atoms with Gasteiger partial charge in [0.1, 0.15) is 0 Å². The molecule has 1 aromatic heterocycles. The van der Waals surface area contributed by atoms with Crippen molar-refractivity contribution in [3.63, 3.8) is 0 Å². The van der Waals surface area contributed by atoms with Crippen molar-refractivity contribution >= 4 is 12.7 Å². The van der Waals surface area contributed by atoms with E-state index in [9.17, 15) is 9.59 Å². The Morgan fingerprint density at radius 1 is 1.56 bits per heavy atom. The molecule has 1 rings (SSSR count). The molecular weight excluding hydrogens is 120 g/mol. The third-order valence-electron chi connectivity index (χ3n) is 0.918. The Morgan fingerprint density at radius 3 is 2.78 bits per heavy atom. The Hall–Kier alpha value is -1.45. The normalized spacial score (nSPS) is 8.89. The van der Waals surface area contributed by atoms with Crippen LogP contribution < -0.4 is 0 Å². The van der Waals surface area contributed by atoms with Crippen LogP contribution >= 0.6 is 0 Å². The summed E-state index contributed by atoms with van der Waals surface area (Å²) in [6.45, 7) is 0. The van der Waals surface area contributed by atoms with Crippen LogP contribution in [0.25, 0.3) is 0 Å². The molecule has 0 spiro atoms. The van der Waals surface area contributed by atoms with Crippen molar-refractivity contribution in [2.24, 2.45) is 0 Å². The minimum absolute atomic E-state index is 0.130. The van der Waals surface area contributed by atoms with Crippen molar-refractivity contribution in [3.05, 3.63) is 18.2 Å². The first-order valence-electron chi connectivity index (χ1n) is 2.32. The summed E-state index contributed by atoms with van der Waals surface area (Å²) < 4.78 is 1.10. The molecule has 0 amide bonds. The minimum atomic E-state index is 0.130. The predicted molar refractivity (Wildman–Crippen MR) is 29.8 cm³/mol. The van der Waals surface area contributed by atoms with Gasteiger partial charge in [-0.1, -0.05) is 0 Å².